The lowest BCUT2D eigenvalue weighted by atomic mass is 10.2. The topological polar surface area (TPSA) is 71.9 Å². The first kappa shape index (κ1) is 15.9. The molecule has 1 aliphatic rings. The fraction of sp³-hybridized carbons (Fsp3) is 0.438. The predicted octanol–water partition coefficient (Wildman–Crippen LogP) is 2.50. The first-order valence-electron chi connectivity index (χ1n) is 7.74. The molecule has 1 fully saturated rings. The van der Waals surface area contributed by atoms with Gasteiger partial charge in [-0.15, -0.1) is 0 Å². The second-order valence-corrected chi connectivity index (χ2v) is 6.09. The summed E-state index contributed by atoms with van der Waals surface area (Å²) in [6.07, 6.45) is 1.71. The summed E-state index contributed by atoms with van der Waals surface area (Å²) in [5.41, 5.74) is 1.04. The molecule has 1 atom stereocenters. The molecule has 0 bridgehead atoms. The molecule has 0 aliphatic heterocycles. The number of H-pyrrole nitrogens is 1. The maximum Gasteiger partial charge on any atom is 0.249 e. The molecule has 23 heavy (non-hydrogen) atoms. The van der Waals surface area contributed by atoms with Crippen LogP contribution < -0.4 is 5.32 Å². The third-order valence-corrected chi connectivity index (χ3v) is 4.11. The molecule has 1 aliphatic carbocycles. The van der Waals surface area contributed by atoms with E-state index in [0.29, 0.717) is 24.0 Å². The second-order valence-electron chi connectivity index (χ2n) is 5.70. The van der Waals surface area contributed by atoms with E-state index in [4.69, 9.17) is 17.0 Å². The summed E-state index contributed by atoms with van der Waals surface area (Å²) >= 11 is 5.22. The molecule has 2 N–H and O–H groups in total. The van der Waals surface area contributed by atoms with Gasteiger partial charge in [-0.25, -0.2) is 0 Å². The molecule has 2 aromatic rings. The Morgan fingerprint density at radius 2 is 2.22 bits per heavy atom. The molecule has 1 unspecified atom stereocenters. The van der Waals surface area contributed by atoms with Crippen LogP contribution in [0, 0.1) is 4.77 Å². The fourth-order valence-electron chi connectivity index (χ4n) is 2.35. The summed E-state index contributed by atoms with van der Waals surface area (Å²) in [7, 11) is 0. The lowest BCUT2D eigenvalue weighted by Crippen LogP contribution is -2.34. The van der Waals surface area contributed by atoms with Gasteiger partial charge in [0.05, 0.1) is 13.2 Å². The lowest BCUT2D eigenvalue weighted by molar-refractivity contribution is -0.132. The van der Waals surface area contributed by atoms with E-state index in [-0.39, 0.29) is 5.91 Å². The van der Waals surface area contributed by atoms with Gasteiger partial charge in [0.1, 0.15) is 6.10 Å². The summed E-state index contributed by atoms with van der Waals surface area (Å²) in [6.45, 7) is 2.51. The average molecular weight is 332 g/mol. The normalized spacial score (nSPS) is 15.3. The molecule has 6 nitrogen and oxygen atoms in total. The minimum Gasteiger partial charge on any atom is -0.364 e. The van der Waals surface area contributed by atoms with Crippen molar-refractivity contribution in [3.63, 3.8) is 0 Å². The highest BCUT2D eigenvalue weighted by molar-refractivity contribution is 7.71. The largest absolute Gasteiger partial charge is 0.364 e. The van der Waals surface area contributed by atoms with Crippen molar-refractivity contribution in [2.24, 2.45) is 0 Å². The molecular weight excluding hydrogens is 312 g/mol. The number of aromatic nitrogens is 3. The average Bonchev–Trinajstić information content (AvgIpc) is 3.34. The highest BCUT2D eigenvalue weighted by Gasteiger charge is 2.27. The van der Waals surface area contributed by atoms with Crippen molar-refractivity contribution in [1.82, 2.24) is 20.1 Å². The van der Waals surface area contributed by atoms with E-state index in [1.807, 2.05) is 34.9 Å². The van der Waals surface area contributed by atoms with Crippen LogP contribution in [0.2, 0.25) is 0 Å². The number of amides is 1. The molecule has 1 saturated carbocycles. The van der Waals surface area contributed by atoms with Crippen molar-refractivity contribution in [3.8, 4) is 0 Å². The van der Waals surface area contributed by atoms with Gasteiger partial charge < -0.3 is 10.1 Å². The van der Waals surface area contributed by atoms with Crippen molar-refractivity contribution in [1.29, 1.82) is 0 Å². The maximum absolute atomic E-state index is 12.1. The number of carbonyl (C=O) groups excluding carboxylic acids is 1. The quantitative estimate of drug-likeness (QED) is 0.764. The highest BCUT2D eigenvalue weighted by atomic mass is 32.1. The van der Waals surface area contributed by atoms with Gasteiger partial charge in [0.2, 0.25) is 5.91 Å². The summed E-state index contributed by atoms with van der Waals surface area (Å²) in [5.74, 6) is 0.610. The van der Waals surface area contributed by atoms with Crippen LogP contribution in [-0.2, 0) is 22.7 Å². The van der Waals surface area contributed by atoms with Crippen LogP contribution in [0.5, 0.6) is 0 Å². The van der Waals surface area contributed by atoms with Gasteiger partial charge >= 0.3 is 0 Å². The Hall–Kier alpha value is -1.99. The summed E-state index contributed by atoms with van der Waals surface area (Å²) in [6, 6.07) is 10.2. The van der Waals surface area contributed by atoms with Crippen molar-refractivity contribution in [2.75, 3.05) is 0 Å². The number of rotatable bonds is 7. The Labute approximate surface area is 139 Å². The first-order valence-corrected chi connectivity index (χ1v) is 8.15. The van der Waals surface area contributed by atoms with Crippen LogP contribution >= 0.6 is 12.2 Å². The molecule has 1 aromatic heterocycles. The van der Waals surface area contributed by atoms with Crippen LogP contribution in [0.25, 0.3) is 0 Å². The standard InChI is InChI=1S/C16H20N4O2S/c1-11(22-10-12-5-3-2-4-6-12)15(21)17-9-14-18-19-16(23)20(14)13-7-8-13/h2-6,11,13H,7-10H2,1H3,(H,17,21)(H,19,23). The van der Waals surface area contributed by atoms with Crippen LogP contribution in [0.1, 0.15) is 37.2 Å². The molecule has 0 radical (unpaired) electrons. The monoisotopic (exact) mass is 332 g/mol. The Morgan fingerprint density at radius 1 is 1.48 bits per heavy atom. The van der Waals surface area contributed by atoms with Crippen LogP contribution in [0.15, 0.2) is 30.3 Å². The molecule has 1 amide bonds. The van der Waals surface area contributed by atoms with Gasteiger partial charge in [-0.3, -0.25) is 14.5 Å². The van der Waals surface area contributed by atoms with Gasteiger partial charge in [-0.2, -0.15) is 5.10 Å². The van der Waals surface area contributed by atoms with Crippen molar-refractivity contribution in [2.45, 2.75) is 45.1 Å². The van der Waals surface area contributed by atoms with Gasteiger partial charge in [0.25, 0.3) is 0 Å². The third-order valence-electron chi connectivity index (χ3n) is 3.82. The van der Waals surface area contributed by atoms with E-state index in [9.17, 15) is 4.79 Å². The fourth-order valence-corrected chi connectivity index (χ4v) is 2.65. The van der Waals surface area contributed by atoms with Gasteiger partial charge in [0.15, 0.2) is 10.6 Å². The second kappa shape index (κ2) is 7.06. The molecule has 1 aromatic carbocycles. The molecule has 3 rings (SSSR count). The number of benzene rings is 1. The Bertz CT molecular complexity index is 721. The summed E-state index contributed by atoms with van der Waals surface area (Å²) in [4.78, 5) is 12.1. The van der Waals surface area contributed by atoms with Crippen LogP contribution in [0.4, 0.5) is 0 Å². The highest BCUT2D eigenvalue weighted by Crippen LogP contribution is 2.35. The SMILES string of the molecule is CC(OCc1ccccc1)C(=O)NCc1n[nH]c(=S)n1C1CC1. The van der Waals surface area contributed by atoms with E-state index in [0.717, 1.165) is 24.2 Å². The smallest absolute Gasteiger partial charge is 0.249 e. The van der Waals surface area contributed by atoms with Crippen molar-refractivity contribution in [3.05, 3.63) is 46.5 Å². The number of nitrogens with one attached hydrogen (secondary N) is 2. The number of aromatic amines is 1. The van der Waals surface area contributed by atoms with Crippen LogP contribution in [-0.4, -0.2) is 26.8 Å². The number of carbonyl (C=O) groups is 1. The Balaban J connectivity index is 1.50. The van der Waals surface area contributed by atoms with Crippen molar-refractivity contribution < 1.29 is 9.53 Å². The molecule has 122 valence electrons. The van der Waals surface area contributed by atoms with E-state index >= 15 is 0 Å². The molecule has 0 spiro atoms. The Kier molecular flexibility index (Phi) is 4.88. The van der Waals surface area contributed by atoms with Gasteiger partial charge in [-0.1, -0.05) is 30.3 Å². The molecule has 0 saturated heterocycles. The zero-order valence-corrected chi connectivity index (χ0v) is 13.8. The molecular formula is C16H20N4O2S. The van der Waals surface area contributed by atoms with Gasteiger partial charge in [0, 0.05) is 6.04 Å². The zero-order chi connectivity index (χ0) is 16.2. The van der Waals surface area contributed by atoms with E-state index in [1.54, 1.807) is 6.92 Å². The van der Waals surface area contributed by atoms with Crippen LogP contribution in [0.3, 0.4) is 0 Å². The number of hydrogen-bond acceptors (Lipinski definition) is 4. The maximum atomic E-state index is 12.1. The molecule has 7 heteroatoms. The number of ether oxygens (including phenoxy) is 1. The van der Waals surface area contributed by atoms with E-state index in [1.165, 1.54) is 0 Å². The zero-order valence-electron chi connectivity index (χ0n) is 13.0. The first-order chi connectivity index (χ1) is 11.1. The lowest BCUT2D eigenvalue weighted by Gasteiger charge is -2.13. The van der Waals surface area contributed by atoms with E-state index < -0.39 is 6.10 Å². The summed E-state index contributed by atoms with van der Waals surface area (Å²) in [5, 5.41) is 9.84. The number of nitrogens with zero attached hydrogens (tertiary/aromatic N) is 2. The predicted molar refractivity (Wildman–Crippen MR) is 88.2 cm³/mol. The van der Waals surface area contributed by atoms with Crippen molar-refractivity contribution >= 4 is 18.1 Å². The molecule has 1 heterocycles. The van der Waals surface area contributed by atoms with E-state index in [2.05, 4.69) is 15.5 Å². The number of hydrogen-bond donors (Lipinski definition) is 2. The Morgan fingerprint density at radius 3 is 2.91 bits per heavy atom. The summed E-state index contributed by atoms with van der Waals surface area (Å²) < 4.78 is 8.21. The third kappa shape index (κ3) is 4.05. The van der Waals surface area contributed by atoms with Gasteiger partial charge in [-0.05, 0) is 37.5 Å². The minimum atomic E-state index is -0.522. The minimum absolute atomic E-state index is 0.155.